The Bertz CT molecular complexity index is 1180. The van der Waals surface area contributed by atoms with Gasteiger partial charge in [0.05, 0.1) is 16.3 Å². The van der Waals surface area contributed by atoms with Crippen LogP contribution in [-0.4, -0.2) is 30.1 Å². The van der Waals surface area contributed by atoms with E-state index in [2.05, 4.69) is 10.4 Å². The van der Waals surface area contributed by atoms with Gasteiger partial charge in [0.25, 0.3) is 5.91 Å². The maximum absolute atomic E-state index is 13.4. The van der Waals surface area contributed by atoms with Crippen molar-refractivity contribution in [2.45, 2.75) is 43.0 Å². The standard InChI is InChI=1S/C22H23FN4O3S/c23-16-8-6-15(7-9-16)21-14-20(22(28)25-17-4-2-1-3-5-17)26-27(21)18-10-12-19(13-11-18)31(24,29)30/h6-14,17H,1-5H2,(H,25,28)(H2,24,29,30). The highest BCUT2D eigenvalue weighted by molar-refractivity contribution is 7.89. The zero-order chi connectivity index (χ0) is 22.0. The molecule has 1 aromatic heterocycles. The fourth-order valence-electron chi connectivity index (χ4n) is 3.80. The average molecular weight is 443 g/mol. The Morgan fingerprint density at radius 1 is 1.03 bits per heavy atom. The molecule has 0 radical (unpaired) electrons. The monoisotopic (exact) mass is 442 g/mol. The number of hydrogen-bond acceptors (Lipinski definition) is 4. The molecule has 1 heterocycles. The maximum atomic E-state index is 13.4. The van der Waals surface area contributed by atoms with E-state index >= 15 is 0 Å². The minimum Gasteiger partial charge on any atom is -0.348 e. The van der Waals surface area contributed by atoms with Gasteiger partial charge in [-0.15, -0.1) is 0 Å². The highest BCUT2D eigenvalue weighted by Crippen LogP contribution is 2.26. The first-order valence-corrected chi connectivity index (χ1v) is 11.7. The minimum atomic E-state index is -3.83. The second-order valence-electron chi connectivity index (χ2n) is 7.68. The molecule has 31 heavy (non-hydrogen) atoms. The molecule has 0 spiro atoms. The third-order valence-corrected chi connectivity index (χ3v) is 6.36. The number of primary sulfonamides is 1. The van der Waals surface area contributed by atoms with Crippen LogP contribution in [0, 0.1) is 5.82 Å². The van der Waals surface area contributed by atoms with Gasteiger partial charge in [-0.05, 0) is 67.4 Å². The Kier molecular flexibility index (Phi) is 5.88. The number of rotatable bonds is 5. The highest BCUT2D eigenvalue weighted by atomic mass is 32.2. The first-order valence-electron chi connectivity index (χ1n) is 10.1. The van der Waals surface area contributed by atoms with Crippen LogP contribution in [0.1, 0.15) is 42.6 Å². The van der Waals surface area contributed by atoms with Crippen molar-refractivity contribution in [3.63, 3.8) is 0 Å². The number of aromatic nitrogens is 2. The first-order chi connectivity index (χ1) is 14.8. The van der Waals surface area contributed by atoms with Crippen molar-refractivity contribution in [2.75, 3.05) is 0 Å². The van der Waals surface area contributed by atoms with E-state index in [1.807, 2.05) is 0 Å². The summed E-state index contributed by atoms with van der Waals surface area (Å²) in [5.74, 6) is -0.641. The van der Waals surface area contributed by atoms with Crippen molar-refractivity contribution in [1.82, 2.24) is 15.1 Å². The van der Waals surface area contributed by atoms with Gasteiger partial charge >= 0.3 is 0 Å². The predicted octanol–water partition coefficient (Wildman–Crippen LogP) is 3.39. The van der Waals surface area contributed by atoms with Crippen molar-refractivity contribution >= 4 is 15.9 Å². The molecule has 1 fully saturated rings. The topological polar surface area (TPSA) is 107 Å². The van der Waals surface area contributed by atoms with Crippen LogP contribution < -0.4 is 10.5 Å². The van der Waals surface area contributed by atoms with E-state index < -0.39 is 10.0 Å². The lowest BCUT2D eigenvalue weighted by molar-refractivity contribution is 0.0922. The van der Waals surface area contributed by atoms with Gasteiger partial charge in [0.15, 0.2) is 5.69 Å². The van der Waals surface area contributed by atoms with Crippen molar-refractivity contribution in [2.24, 2.45) is 5.14 Å². The fraction of sp³-hybridized carbons (Fsp3) is 0.273. The normalized spacial score (nSPS) is 15.0. The van der Waals surface area contributed by atoms with E-state index in [1.165, 1.54) is 35.4 Å². The molecule has 3 N–H and O–H groups in total. The smallest absolute Gasteiger partial charge is 0.272 e. The van der Waals surface area contributed by atoms with Gasteiger partial charge < -0.3 is 5.32 Å². The largest absolute Gasteiger partial charge is 0.348 e. The van der Waals surface area contributed by atoms with Crippen LogP contribution in [0.2, 0.25) is 0 Å². The Morgan fingerprint density at radius 3 is 2.29 bits per heavy atom. The summed E-state index contributed by atoms with van der Waals surface area (Å²) in [5.41, 5.74) is 2.03. The van der Waals surface area contributed by atoms with Gasteiger partial charge in [0, 0.05) is 11.6 Å². The zero-order valence-corrected chi connectivity index (χ0v) is 17.6. The summed E-state index contributed by atoms with van der Waals surface area (Å²) in [4.78, 5) is 12.8. The number of sulfonamides is 1. The van der Waals surface area contributed by atoms with Gasteiger partial charge in [-0.1, -0.05) is 19.3 Å². The number of nitrogens with one attached hydrogen (secondary N) is 1. The Morgan fingerprint density at radius 2 is 1.68 bits per heavy atom. The number of nitrogens with two attached hydrogens (primary N) is 1. The van der Waals surface area contributed by atoms with Gasteiger partial charge in [-0.25, -0.2) is 22.6 Å². The molecule has 1 amide bonds. The Balaban J connectivity index is 1.71. The number of carbonyl (C=O) groups excluding carboxylic acids is 1. The highest BCUT2D eigenvalue weighted by Gasteiger charge is 2.21. The number of nitrogens with zero attached hydrogens (tertiary/aromatic N) is 2. The molecular weight excluding hydrogens is 419 g/mol. The fourth-order valence-corrected chi connectivity index (χ4v) is 4.31. The summed E-state index contributed by atoms with van der Waals surface area (Å²) < 4.78 is 38.1. The summed E-state index contributed by atoms with van der Waals surface area (Å²) in [5, 5.41) is 12.7. The molecule has 9 heteroatoms. The number of benzene rings is 2. The molecule has 0 bridgehead atoms. The van der Waals surface area contributed by atoms with Crippen LogP contribution in [0.15, 0.2) is 59.5 Å². The van der Waals surface area contributed by atoms with Crippen LogP contribution in [-0.2, 0) is 10.0 Å². The number of carbonyl (C=O) groups is 1. The van der Waals surface area contributed by atoms with Crippen LogP contribution in [0.4, 0.5) is 4.39 Å². The number of hydrogen-bond donors (Lipinski definition) is 2. The molecule has 0 atom stereocenters. The van der Waals surface area contributed by atoms with E-state index in [-0.39, 0.29) is 28.4 Å². The third kappa shape index (κ3) is 4.83. The molecule has 0 aliphatic heterocycles. The molecular formula is C22H23FN4O3S. The molecule has 7 nitrogen and oxygen atoms in total. The predicted molar refractivity (Wildman–Crippen MR) is 115 cm³/mol. The third-order valence-electron chi connectivity index (χ3n) is 5.43. The van der Waals surface area contributed by atoms with Gasteiger partial charge in [0.1, 0.15) is 5.82 Å². The SMILES string of the molecule is NS(=O)(=O)c1ccc(-n2nc(C(=O)NC3CCCCC3)cc2-c2ccc(F)cc2)cc1. The Labute approximate surface area is 180 Å². The van der Waals surface area contributed by atoms with Crippen molar-refractivity contribution in [1.29, 1.82) is 0 Å². The minimum absolute atomic E-state index is 0.0259. The molecule has 1 aliphatic carbocycles. The van der Waals surface area contributed by atoms with E-state index in [4.69, 9.17) is 5.14 Å². The molecule has 1 aliphatic rings. The first kappa shape index (κ1) is 21.2. The van der Waals surface area contributed by atoms with Crippen LogP contribution >= 0.6 is 0 Å². The number of amides is 1. The Hall–Kier alpha value is -3.04. The second-order valence-corrected chi connectivity index (χ2v) is 9.24. The van der Waals surface area contributed by atoms with E-state index in [0.29, 0.717) is 16.9 Å². The summed E-state index contributed by atoms with van der Waals surface area (Å²) in [6.45, 7) is 0. The van der Waals surface area contributed by atoms with Crippen molar-refractivity contribution in [3.8, 4) is 16.9 Å². The van der Waals surface area contributed by atoms with Crippen molar-refractivity contribution in [3.05, 3.63) is 66.1 Å². The van der Waals surface area contributed by atoms with E-state index in [9.17, 15) is 17.6 Å². The molecule has 0 unspecified atom stereocenters. The van der Waals surface area contributed by atoms with E-state index in [0.717, 1.165) is 25.7 Å². The molecule has 162 valence electrons. The van der Waals surface area contributed by atoms with Crippen LogP contribution in [0.25, 0.3) is 16.9 Å². The average Bonchev–Trinajstić information content (AvgIpc) is 3.20. The molecule has 0 saturated heterocycles. The molecule has 1 saturated carbocycles. The lowest BCUT2D eigenvalue weighted by Crippen LogP contribution is -2.36. The lowest BCUT2D eigenvalue weighted by atomic mass is 9.95. The summed E-state index contributed by atoms with van der Waals surface area (Å²) >= 11 is 0. The number of halogens is 1. The maximum Gasteiger partial charge on any atom is 0.272 e. The van der Waals surface area contributed by atoms with Crippen molar-refractivity contribution < 1.29 is 17.6 Å². The second kappa shape index (κ2) is 8.60. The van der Waals surface area contributed by atoms with Crippen LogP contribution in [0.5, 0.6) is 0 Å². The van der Waals surface area contributed by atoms with Gasteiger partial charge in [-0.2, -0.15) is 5.10 Å². The lowest BCUT2D eigenvalue weighted by Gasteiger charge is -2.22. The quantitative estimate of drug-likeness (QED) is 0.631. The van der Waals surface area contributed by atoms with Gasteiger partial charge in [0.2, 0.25) is 10.0 Å². The summed E-state index contributed by atoms with van der Waals surface area (Å²) in [6.07, 6.45) is 5.27. The molecule has 4 rings (SSSR count). The van der Waals surface area contributed by atoms with Crippen LogP contribution in [0.3, 0.4) is 0 Å². The zero-order valence-electron chi connectivity index (χ0n) is 16.8. The van der Waals surface area contributed by atoms with E-state index in [1.54, 1.807) is 30.3 Å². The van der Waals surface area contributed by atoms with Gasteiger partial charge in [-0.3, -0.25) is 4.79 Å². The summed E-state index contributed by atoms with van der Waals surface area (Å²) in [6, 6.07) is 13.5. The molecule has 2 aromatic carbocycles. The molecule has 3 aromatic rings. The summed E-state index contributed by atoms with van der Waals surface area (Å²) in [7, 11) is -3.83.